The van der Waals surface area contributed by atoms with Crippen molar-refractivity contribution >= 4 is 21.8 Å². The number of hydrogen-bond acceptors (Lipinski definition) is 5. The van der Waals surface area contributed by atoms with Crippen molar-refractivity contribution in [2.24, 2.45) is 0 Å². The van der Waals surface area contributed by atoms with Crippen molar-refractivity contribution in [3.63, 3.8) is 0 Å². The normalized spacial score (nSPS) is 16.9. The summed E-state index contributed by atoms with van der Waals surface area (Å²) >= 11 is 0. The van der Waals surface area contributed by atoms with Crippen LogP contribution in [0.15, 0.2) is 59.5 Å². The van der Waals surface area contributed by atoms with Crippen molar-refractivity contribution < 1.29 is 22.7 Å². The summed E-state index contributed by atoms with van der Waals surface area (Å²) < 4.78 is 32.1. The highest BCUT2D eigenvalue weighted by molar-refractivity contribution is 7.89. The van der Waals surface area contributed by atoms with Crippen LogP contribution in [0.3, 0.4) is 0 Å². The van der Waals surface area contributed by atoms with Crippen LogP contribution in [0.1, 0.15) is 18.4 Å². The van der Waals surface area contributed by atoms with Gasteiger partial charge < -0.3 is 4.74 Å². The van der Waals surface area contributed by atoms with E-state index < -0.39 is 22.0 Å². The van der Waals surface area contributed by atoms with E-state index in [2.05, 4.69) is 10.9 Å². The zero-order valence-electron chi connectivity index (χ0n) is 16.0. The SMILES string of the molecule is COc1ccc(S(=O)(=O)N2CCCC2C(=O)NNC(=O)Cc2ccccc2)cc1. The molecular formula is C20H23N3O5S. The lowest BCUT2D eigenvalue weighted by molar-refractivity contribution is -0.130. The fourth-order valence-electron chi connectivity index (χ4n) is 3.21. The van der Waals surface area contributed by atoms with Gasteiger partial charge in [-0.2, -0.15) is 4.31 Å². The Kier molecular flexibility index (Phi) is 6.50. The Labute approximate surface area is 169 Å². The van der Waals surface area contributed by atoms with Gasteiger partial charge in [-0.1, -0.05) is 30.3 Å². The van der Waals surface area contributed by atoms with Crippen LogP contribution in [0.4, 0.5) is 0 Å². The average molecular weight is 417 g/mol. The molecule has 1 heterocycles. The summed E-state index contributed by atoms with van der Waals surface area (Å²) in [5.74, 6) is -0.395. The number of methoxy groups -OCH3 is 1. The van der Waals surface area contributed by atoms with Gasteiger partial charge in [0.15, 0.2) is 0 Å². The fraction of sp³-hybridized carbons (Fsp3) is 0.300. The van der Waals surface area contributed by atoms with Gasteiger partial charge in [0.1, 0.15) is 11.8 Å². The third-order valence-electron chi connectivity index (χ3n) is 4.70. The van der Waals surface area contributed by atoms with Gasteiger partial charge in [-0.05, 0) is 42.7 Å². The molecular weight excluding hydrogens is 394 g/mol. The molecule has 2 aromatic carbocycles. The second-order valence-corrected chi connectivity index (χ2v) is 8.54. The Morgan fingerprint density at radius 2 is 1.76 bits per heavy atom. The molecule has 1 unspecified atom stereocenters. The highest BCUT2D eigenvalue weighted by atomic mass is 32.2. The maximum atomic E-state index is 12.9. The number of hydrogen-bond donors (Lipinski definition) is 2. The molecule has 1 aliphatic heterocycles. The minimum atomic E-state index is -3.84. The van der Waals surface area contributed by atoms with Crippen LogP contribution in [0, 0.1) is 0 Å². The average Bonchev–Trinajstić information content (AvgIpc) is 3.24. The zero-order chi connectivity index (χ0) is 20.9. The van der Waals surface area contributed by atoms with Gasteiger partial charge in [0, 0.05) is 6.54 Å². The molecule has 29 heavy (non-hydrogen) atoms. The molecule has 0 aromatic heterocycles. The Bertz CT molecular complexity index is 961. The maximum absolute atomic E-state index is 12.9. The number of carbonyl (C=O) groups excluding carboxylic acids is 2. The number of ether oxygens (including phenoxy) is 1. The molecule has 9 heteroatoms. The molecule has 1 fully saturated rings. The van der Waals surface area contributed by atoms with E-state index >= 15 is 0 Å². The number of hydrazine groups is 1. The van der Waals surface area contributed by atoms with E-state index in [1.807, 2.05) is 30.3 Å². The molecule has 1 saturated heterocycles. The highest BCUT2D eigenvalue weighted by Crippen LogP contribution is 2.27. The second-order valence-electron chi connectivity index (χ2n) is 6.65. The van der Waals surface area contributed by atoms with E-state index in [1.165, 1.54) is 23.5 Å². The van der Waals surface area contributed by atoms with E-state index in [0.29, 0.717) is 18.6 Å². The summed E-state index contributed by atoms with van der Waals surface area (Å²) in [5, 5.41) is 0. The van der Waals surface area contributed by atoms with Crippen LogP contribution in [0.2, 0.25) is 0 Å². The predicted molar refractivity (Wildman–Crippen MR) is 106 cm³/mol. The van der Waals surface area contributed by atoms with Gasteiger partial charge in [-0.3, -0.25) is 20.4 Å². The van der Waals surface area contributed by atoms with Crippen LogP contribution in [-0.4, -0.2) is 44.2 Å². The standard InChI is InChI=1S/C20H23N3O5S/c1-28-16-9-11-17(12-10-16)29(26,27)23-13-5-8-18(23)20(25)22-21-19(24)14-15-6-3-2-4-7-15/h2-4,6-7,9-12,18H,5,8,13-14H2,1H3,(H,21,24)(H,22,25). The molecule has 2 aromatic rings. The van der Waals surface area contributed by atoms with Crippen LogP contribution >= 0.6 is 0 Å². The largest absolute Gasteiger partial charge is 0.497 e. The number of amides is 2. The molecule has 0 aliphatic carbocycles. The molecule has 2 amide bonds. The van der Waals surface area contributed by atoms with Gasteiger partial charge in [-0.25, -0.2) is 8.42 Å². The molecule has 0 bridgehead atoms. The van der Waals surface area contributed by atoms with Gasteiger partial charge >= 0.3 is 0 Å². The topological polar surface area (TPSA) is 105 Å². The molecule has 0 radical (unpaired) electrons. The first-order chi connectivity index (χ1) is 13.9. The summed E-state index contributed by atoms with van der Waals surface area (Å²) in [6, 6.07) is 14.2. The highest BCUT2D eigenvalue weighted by Gasteiger charge is 2.39. The van der Waals surface area contributed by atoms with Crippen molar-refractivity contribution in [1.29, 1.82) is 0 Å². The quantitative estimate of drug-likeness (QED) is 0.688. The number of carbonyl (C=O) groups is 2. The van der Waals surface area contributed by atoms with Crippen molar-refractivity contribution in [3.8, 4) is 5.75 Å². The lowest BCUT2D eigenvalue weighted by Gasteiger charge is -2.23. The van der Waals surface area contributed by atoms with Crippen LogP contribution in [0.25, 0.3) is 0 Å². The summed E-state index contributed by atoms with van der Waals surface area (Å²) in [5.41, 5.74) is 5.52. The first kappa shape index (κ1) is 20.8. The zero-order valence-corrected chi connectivity index (χ0v) is 16.8. The van der Waals surface area contributed by atoms with Gasteiger partial charge in [0.25, 0.3) is 5.91 Å². The van der Waals surface area contributed by atoms with E-state index in [4.69, 9.17) is 4.74 Å². The summed E-state index contributed by atoms with van der Waals surface area (Å²) in [6.45, 7) is 0.240. The second kappa shape index (κ2) is 9.06. The van der Waals surface area contributed by atoms with E-state index in [0.717, 1.165) is 5.56 Å². The molecule has 3 rings (SSSR count). The molecule has 8 nitrogen and oxygen atoms in total. The number of sulfonamides is 1. The Hall–Kier alpha value is -2.91. The van der Waals surface area contributed by atoms with E-state index in [9.17, 15) is 18.0 Å². The number of rotatable bonds is 6. The molecule has 1 aliphatic rings. The molecule has 1 atom stereocenters. The Morgan fingerprint density at radius 3 is 2.41 bits per heavy atom. The molecule has 0 spiro atoms. The van der Waals surface area contributed by atoms with Crippen molar-refractivity contribution in [2.75, 3.05) is 13.7 Å². The minimum absolute atomic E-state index is 0.0890. The smallest absolute Gasteiger partial charge is 0.256 e. The van der Waals surface area contributed by atoms with E-state index in [-0.39, 0.29) is 23.8 Å². The fourth-order valence-corrected chi connectivity index (χ4v) is 4.87. The number of benzene rings is 2. The maximum Gasteiger partial charge on any atom is 0.256 e. The minimum Gasteiger partial charge on any atom is -0.497 e. The Morgan fingerprint density at radius 1 is 1.07 bits per heavy atom. The predicted octanol–water partition coefficient (Wildman–Crippen LogP) is 1.24. The molecule has 0 saturated carbocycles. The van der Waals surface area contributed by atoms with Crippen molar-refractivity contribution in [3.05, 3.63) is 60.2 Å². The number of nitrogens with zero attached hydrogens (tertiary/aromatic N) is 1. The van der Waals surface area contributed by atoms with Crippen molar-refractivity contribution in [2.45, 2.75) is 30.2 Å². The van der Waals surface area contributed by atoms with E-state index in [1.54, 1.807) is 12.1 Å². The van der Waals surface area contributed by atoms with Crippen LogP contribution < -0.4 is 15.6 Å². The first-order valence-corrected chi connectivity index (χ1v) is 10.6. The lowest BCUT2D eigenvalue weighted by atomic mass is 10.1. The third-order valence-corrected chi connectivity index (χ3v) is 6.63. The lowest BCUT2D eigenvalue weighted by Crippen LogP contribution is -2.51. The first-order valence-electron chi connectivity index (χ1n) is 9.20. The van der Waals surface area contributed by atoms with Crippen LogP contribution in [-0.2, 0) is 26.0 Å². The Balaban J connectivity index is 1.63. The molecule has 2 N–H and O–H groups in total. The summed E-state index contributed by atoms with van der Waals surface area (Å²) in [7, 11) is -2.34. The third kappa shape index (κ3) is 4.93. The van der Waals surface area contributed by atoms with Crippen LogP contribution in [0.5, 0.6) is 5.75 Å². The van der Waals surface area contributed by atoms with Gasteiger partial charge in [0.05, 0.1) is 18.4 Å². The monoisotopic (exact) mass is 417 g/mol. The summed E-state index contributed by atoms with van der Waals surface area (Å²) in [6.07, 6.45) is 1.06. The number of nitrogens with one attached hydrogen (secondary N) is 2. The van der Waals surface area contributed by atoms with Gasteiger partial charge in [0.2, 0.25) is 15.9 Å². The summed E-state index contributed by atoms with van der Waals surface area (Å²) in [4.78, 5) is 24.7. The van der Waals surface area contributed by atoms with Gasteiger partial charge in [-0.15, -0.1) is 0 Å². The van der Waals surface area contributed by atoms with Crippen molar-refractivity contribution in [1.82, 2.24) is 15.2 Å². The molecule has 154 valence electrons.